The Labute approximate surface area is 135 Å². The average molecular weight is 314 g/mol. The highest BCUT2D eigenvalue weighted by Gasteiger charge is 2.70. The first-order valence-corrected chi connectivity index (χ1v) is 8.19. The zero-order valence-electron chi connectivity index (χ0n) is 13.3. The lowest BCUT2D eigenvalue weighted by Gasteiger charge is -2.66. The minimum Gasteiger partial charge on any atom is -0.411 e. The summed E-state index contributed by atoms with van der Waals surface area (Å²) in [6.07, 6.45) is 1.37. The Morgan fingerprint density at radius 2 is 1.70 bits per heavy atom. The molecule has 6 unspecified atom stereocenters. The molecule has 4 bridgehead atoms. The molecule has 5 nitrogen and oxygen atoms in total. The maximum Gasteiger partial charge on any atom is 0.0800 e. The van der Waals surface area contributed by atoms with Crippen LogP contribution in [0, 0.1) is 23.7 Å². The lowest BCUT2D eigenvalue weighted by atomic mass is 9.38. The Kier molecular flexibility index (Phi) is 2.92. The lowest BCUT2D eigenvalue weighted by Crippen LogP contribution is -2.73. The Bertz CT molecular complexity index is 697. The number of hydrogen-bond acceptors (Lipinski definition) is 5. The van der Waals surface area contributed by atoms with Gasteiger partial charge in [0.15, 0.2) is 0 Å². The van der Waals surface area contributed by atoms with Crippen LogP contribution in [0.15, 0.2) is 40.6 Å². The molecule has 0 saturated heterocycles. The topological polar surface area (TPSA) is 85.4 Å². The monoisotopic (exact) mass is 314 g/mol. The molecule has 5 rings (SSSR count). The third-order valence-electron chi connectivity index (χ3n) is 6.83. The van der Waals surface area contributed by atoms with Gasteiger partial charge in [-0.25, -0.2) is 0 Å². The smallest absolute Gasteiger partial charge is 0.0800 e. The summed E-state index contributed by atoms with van der Waals surface area (Å²) in [6, 6.07) is 10.1. The van der Waals surface area contributed by atoms with Crippen LogP contribution in [0.1, 0.15) is 32.3 Å². The first-order valence-electron chi connectivity index (χ1n) is 8.19. The van der Waals surface area contributed by atoms with E-state index in [0.29, 0.717) is 17.8 Å². The molecule has 0 amide bonds. The van der Waals surface area contributed by atoms with E-state index in [1.165, 1.54) is 0 Å². The van der Waals surface area contributed by atoms with Gasteiger partial charge in [-0.05, 0) is 31.2 Å². The van der Waals surface area contributed by atoms with Gasteiger partial charge in [0.05, 0.1) is 17.0 Å². The molecular weight excluding hydrogens is 292 g/mol. The van der Waals surface area contributed by atoms with Crippen molar-refractivity contribution in [3.63, 3.8) is 0 Å². The molecule has 5 heteroatoms. The van der Waals surface area contributed by atoms with Crippen LogP contribution in [0.25, 0.3) is 0 Å². The van der Waals surface area contributed by atoms with E-state index in [1.807, 2.05) is 25.1 Å². The predicted molar refractivity (Wildman–Crippen MR) is 86.1 cm³/mol. The molecule has 1 aromatic carbocycles. The van der Waals surface area contributed by atoms with Crippen LogP contribution in [0.4, 0.5) is 0 Å². The van der Waals surface area contributed by atoms with E-state index in [9.17, 15) is 15.5 Å². The van der Waals surface area contributed by atoms with E-state index in [1.54, 1.807) is 0 Å². The summed E-state index contributed by atoms with van der Waals surface area (Å²) < 4.78 is 0. The van der Waals surface area contributed by atoms with Crippen molar-refractivity contribution < 1.29 is 15.5 Å². The molecular formula is C18H22N2O3. The molecule has 1 aromatic rings. The minimum atomic E-state index is -0.997. The van der Waals surface area contributed by atoms with Crippen molar-refractivity contribution in [2.75, 3.05) is 0 Å². The summed E-state index contributed by atoms with van der Waals surface area (Å²) in [5, 5.41) is 37.7. The first-order chi connectivity index (χ1) is 11.0. The molecule has 0 spiro atoms. The predicted octanol–water partition coefficient (Wildman–Crippen LogP) is 2.64. The summed E-state index contributed by atoms with van der Waals surface area (Å²) in [5.74, 6) is -0.231. The largest absolute Gasteiger partial charge is 0.411 e. The van der Waals surface area contributed by atoms with Gasteiger partial charge in [-0.15, -0.1) is 0 Å². The highest BCUT2D eigenvalue weighted by molar-refractivity contribution is 6.13. The van der Waals surface area contributed by atoms with Crippen molar-refractivity contribution in [2.24, 2.45) is 34.0 Å². The first kappa shape index (κ1) is 14.7. The Morgan fingerprint density at radius 3 is 2.30 bits per heavy atom. The van der Waals surface area contributed by atoms with Crippen LogP contribution in [-0.4, -0.2) is 32.5 Å². The van der Waals surface area contributed by atoms with Crippen molar-refractivity contribution >= 4 is 11.4 Å². The quantitative estimate of drug-likeness (QED) is 0.550. The molecule has 23 heavy (non-hydrogen) atoms. The molecule has 6 atom stereocenters. The van der Waals surface area contributed by atoms with Gasteiger partial charge in [-0.3, -0.25) is 0 Å². The molecule has 4 aliphatic rings. The number of oxime groups is 2. The van der Waals surface area contributed by atoms with Crippen molar-refractivity contribution in [1.82, 2.24) is 0 Å². The van der Waals surface area contributed by atoms with Crippen LogP contribution in [0.5, 0.6) is 0 Å². The Morgan fingerprint density at radius 1 is 1.04 bits per heavy atom. The molecule has 122 valence electrons. The van der Waals surface area contributed by atoms with Gasteiger partial charge in [0, 0.05) is 23.2 Å². The second kappa shape index (κ2) is 4.57. The molecule has 4 aliphatic carbocycles. The standard InChI is InChI=1S/C18H22N2O3/c1-10-12-8-18(11-6-4-3-5-7-11)9-13(15(12)19-22)16(20-23)14(10)17(18,2)21/h3-7,10,12-14,21-23H,8-9H2,1-2H3. The molecule has 4 saturated carbocycles. The zero-order valence-corrected chi connectivity index (χ0v) is 13.3. The molecule has 3 N–H and O–H groups in total. The number of nitrogens with zero attached hydrogens (tertiary/aromatic N) is 2. The fourth-order valence-corrected chi connectivity index (χ4v) is 5.78. The Hall–Kier alpha value is -1.88. The molecule has 4 fully saturated rings. The summed E-state index contributed by atoms with van der Waals surface area (Å²) >= 11 is 0. The SMILES string of the molecule is CC1C2CC3(c4ccccc4)CC(C2=NO)C(=NO)C1C3(C)O. The molecule has 0 radical (unpaired) electrons. The minimum absolute atomic E-state index is 0.0789. The van der Waals surface area contributed by atoms with Gasteiger partial charge in [0.2, 0.25) is 0 Å². The lowest BCUT2D eigenvalue weighted by molar-refractivity contribution is -0.132. The third kappa shape index (κ3) is 1.56. The summed E-state index contributed by atoms with van der Waals surface area (Å²) in [5.41, 5.74) is 0.999. The normalized spacial score (nSPS) is 48.3. The van der Waals surface area contributed by atoms with Gasteiger partial charge in [-0.2, -0.15) is 0 Å². The van der Waals surface area contributed by atoms with Gasteiger partial charge < -0.3 is 15.5 Å². The zero-order chi connectivity index (χ0) is 16.4. The summed E-state index contributed by atoms with van der Waals surface area (Å²) in [7, 11) is 0. The number of hydrogen-bond donors (Lipinski definition) is 3. The summed E-state index contributed by atoms with van der Waals surface area (Å²) in [6.45, 7) is 3.93. The maximum absolute atomic E-state index is 11.5. The Balaban J connectivity index is 1.95. The average Bonchev–Trinajstić information content (AvgIpc) is 2.56. The van der Waals surface area contributed by atoms with Crippen LogP contribution in [-0.2, 0) is 5.41 Å². The van der Waals surface area contributed by atoms with Crippen molar-refractivity contribution in [1.29, 1.82) is 0 Å². The third-order valence-corrected chi connectivity index (χ3v) is 6.83. The van der Waals surface area contributed by atoms with Gasteiger partial charge in [0.1, 0.15) is 0 Å². The second-order valence-electron chi connectivity index (χ2n) is 7.55. The number of benzene rings is 1. The molecule has 0 aliphatic heterocycles. The highest BCUT2D eigenvalue weighted by atomic mass is 16.4. The van der Waals surface area contributed by atoms with Gasteiger partial charge >= 0.3 is 0 Å². The van der Waals surface area contributed by atoms with Crippen molar-refractivity contribution in [2.45, 2.75) is 37.7 Å². The van der Waals surface area contributed by atoms with E-state index in [2.05, 4.69) is 29.4 Å². The van der Waals surface area contributed by atoms with Crippen LogP contribution >= 0.6 is 0 Å². The fraction of sp³-hybridized carbons (Fsp3) is 0.556. The van der Waals surface area contributed by atoms with Crippen LogP contribution in [0.2, 0.25) is 0 Å². The number of rotatable bonds is 1. The van der Waals surface area contributed by atoms with Crippen LogP contribution < -0.4 is 0 Å². The summed E-state index contributed by atoms with van der Waals surface area (Å²) in [4.78, 5) is 0. The maximum atomic E-state index is 11.5. The number of aliphatic hydroxyl groups is 1. The van der Waals surface area contributed by atoms with Gasteiger partial charge in [0.25, 0.3) is 0 Å². The molecule has 0 heterocycles. The van der Waals surface area contributed by atoms with E-state index >= 15 is 0 Å². The van der Waals surface area contributed by atoms with E-state index in [0.717, 1.165) is 12.0 Å². The van der Waals surface area contributed by atoms with E-state index in [-0.39, 0.29) is 23.7 Å². The fourth-order valence-electron chi connectivity index (χ4n) is 5.78. The molecule has 0 aromatic heterocycles. The second-order valence-corrected chi connectivity index (χ2v) is 7.55. The van der Waals surface area contributed by atoms with E-state index in [4.69, 9.17) is 0 Å². The van der Waals surface area contributed by atoms with Gasteiger partial charge in [-0.1, -0.05) is 47.6 Å². The highest BCUT2D eigenvalue weighted by Crippen LogP contribution is 2.64. The van der Waals surface area contributed by atoms with Crippen molar-refractivity contribution in [3.05, 3.63) is 35.9 Å². The van der Waals surface area contributed by atoms with Crippen LogP contribution in [0.3, 0.4) is 0 Å². The van der Waals surface area contributed by atoms with Crippen molar-refractivity contribution in [3.8, 4) is 0 Å². The van der Waals surface area contributed by atoms with E-state index < -0.39 is 11.0 Å².